The van der Waals surface area contributed by atoms with Crippen LogP contribution < -0.4 is 0 Å². The van der Waals surface area contributed by atoms with Gasteiger partial charge in [-0.15, -0.1) is 0 Å². The molecule has 0 fully saturated rings. The molecule has 0 aliphatic rings. The Morgan fingerprint density at radius 1 is 1.00 bits per heavy atom. The maximum atomic E-state index is 12.7. The quantitative estimate of drug-likeness (QED) is 0.662. The van der Waals surface area contributed by atoms with Gasteiger partial charge < -0.3 is 4.55 Å². The molecule has 0 amide bonds. The Balaban J connectivity index is 2.12. The van der Waals surface area contributed by atoms with Gasteiger partial charge in [-0.3, -0.25) is 9.19 Å². The molecule has 3 nitrogen and oxygen atoms in total. The average Bonchev–Trinajstić information content (AvgIpc) is 2.54. The Labute approximate surface area is 138 Å². The number of alkyl halides is 3. The third-order valence-electron chi connectivity index (χ3n) is 3.66. The lowest BCUT2D eigenvalue weighted by atomic mass is 9.98. The van der Waals surface area contributed by atoms with Crippen LogP contribution in [0.3, 0.4) is 0 Å². The van der Waals surface area contributed by atoms with Crippen molar-refractivity contribution in [3.05, 3.63) is 66.0 Å². The summed E-state index contributed by atoms with van der Waals surface area (Å²) in [7, 11) is 0. The Hall–Kier alpha value is -2.25. The van der Waals surface area contributed by atoms with Crippen molar-refractivity contribution in [1.29, 1.82) is 0 Å². The Morgan fingerprint density at radius 3 is 2.21 bits per heavy atom. The molecule has 0 aliphatic heterocycles. The second kappa shape index (κ2) is 6.33. The number of rotatable bonds is 3. The number of nitrogens with zero attached hydrogens (tertiary/aromatic N) is 1. The van der Waals surface area contributed by atoms with Crippen molar-refractivity contribution >= 4 is 21.9 Å². The zero-order valence-electron chi connectivity index (χ0n) is 12.2. The summed E-state index contributed by atoms with van der Waals surface area (Å²) in [6.45, 7) is 0. The minimum absolute atomic E-state index is 0.214. The first kappa shape index (κ1) is 16.6. The van der Waals surface area contributed by atoms with E-state index in [1.165, 1.54) is 18.3 Å². The maximum Gasteiger partial charge on any atom is 0.416 e. The van der Waals surface area contributed by atoms with E-state index < -0.39 is 22.8 Å². The van der Waals surface area contributed by atoms with Crippen molar-refractivity contribution in [2.45, 2.75) is 11.9 Å². The summed E-state index contributed by atoms with van der Waals surface area (Å²) >= 11 is -2.27. The average molecular weight is 350 g/mol. The number of benzene rings is 2. The summed E-state index contributed by atoms with van der Waals surface area (Å²) < 4.78 is 59.9. The molecule has 0 N–H and O–H groups in total. The zero-order chi connectivity index (χ0) is 17.3. The van der Waals surface area contributed by atoms with E-state index in [2.05, 4.69) is 4.98 Å². The van der Waals surface area contributed by atoms with Gasteiger partial charge in [-0.25, -0.2) is 0 Å². The lowest BCUT2D eigenvalue weighted by molar-refractivity contribution is -0.137. The smallest absolute Gasteiger partial charge is 0.416 e. The van der Waals surface area contributed by atoms with Gasteiger partial charge in [0, 0.05) is 17.1 Å². The van der Waals surface area contributed by atoms with Gasteiger partial charge in [0.05, 0.1) is 17.0 Å². The van der Waals surface area contributed by atoms with Gasteiger partial charge in [0.25, 0.3) is 0 Å². The fourth-order valence-corrected chi connectivity index (χ4v) is 3.00. The highest BCUT2D eigenvalue weighted by Gasteiger charge is 2.30. The first-order valence-electron chi connectivity index (χ1n) is 6.96. The van der Waals surface area contributed by atoms with Crippen molar-refractivity contribution < 1.29 is 21.9 Å². The molecule has 1 unspecified atom stereocenters. The van der Waals surface area contributed by atoms with Crippen LogP contribution in [0.2, 0.25) is 0 Å². The molecule has 24 heavy (non-hydrogen) atoms. The van der Waals surface area contributed by atoms with Crippen LogP contribution in [0.4, 0.5) is 13.2 Å². The van der Waals surface area contributed by atoms with Gasteiger partial charge in [-0.2, -0.15) is 13.2 Å². The normalized spacial score (nSPS) is 13.2. The molecule has 3 rings (SSSR count). The minimum atomic E-state index is -4.39. The third-order valence-corrected chi connectivity index (χ3v) is 4.16. The van der Waals surface area contributed by atoms with Crippen molar-refractivity contribution in [3.8, 4) is 11.1 Å². The minimum Gasteiger partial charge on any atom is -0.772 e. The molecule has 2 aromatic carbocycles. The summed E-state index contributed by atoms with van der Waals surface area (Å²) in [4.78, 5) is 4.18. The fourth-order valence-electron chi connectivity index (χ4n) is 2.55. The van der Waals surface area contributed by atoms with Gasteiger partial charge in [-0.1, -0.05) is 36.4 Å². The summed E-state index contributed by atoms with van der Waals surface area (Å²) in [5.41, 5.74) is 0.928. The van der Waals surface area contributed by atoms with Gasteiger partial charge in [0.15, 0.2) is 0 Å². The Morgan fingerprint density at radius 2 is 1.62 bits per heavy atom. The van der Waals surface area contributed by atoms with Crippen LogP contribution in [0.15, 0.2) is 54.7 Å². The molecule has 0 radical (unpaired) electrons. The molecule has 0 bridgehead atoms. The summed E-state index contributed by atoms with van der Waals surface area (Å²) in [6.07, 6.45) is -2.89. The monoisotopic (exact) mass is 350 g/mol. The van der Waals surface area contributed by atoms with E-state index in [4.69, 9.17) is 0 Å². The Bertz CT molecular complexity index is 908. The highest BCUT2D eigenvalue weighted by molar-refractivity contribution is 7.78. The van der Waals surface area contributed by atoms with Crippen molar-refractivity contribution in [3.63, 3.8) is 0 Å². The van der Waals surface area contributed by atoms with Gasteiger partial charge in [0.1, 0.15) is 0 Å². The zero-order valence-corrected chi connectivity index (χ0v) is 13.0. The maximum absolute atomic E-state index is 12.7. The van der Waals surface area contributed by atoms with Gasteiger partial charge in [0.2, 0.25) is 0 Å². The topological polar surface area (TPSA) is 53.0 Å². The molecule has 0 aliphatic carbocycles. The van der Waals surface area contributed by atoms with Crippen LogP contribution in [0.5, 0.6) is 0 Å². The van der Waals surface area contributed by atoms with Crippen LogP contribution in [0.25, 0.3) is 21.9 Å². The lowest BCUT2D eigenvalue weighted by Gasteiger charge is -2.13. The van der Waals surface area contributed by atoms with E-state index in [0.29, 0.717) is 22.2 Å². The predicted octanol–water partition coefficient (Wildman–Crippen LogP) is 4.30. The fraction of sp³-hybridized carbons (Fsp3) is 0.118. The molecule has 0 saturated heterocycles. The molecule has 3 aromatic rings. The molecular weight excluding hydrogens is 339 g/mol. The second-order valence-electron chi connectivity index (χ2n) is 5.19. The molecule has 1 aromatic heterocycles. The number of pyridine rings is 1. The summed E-state index contributed by atoms with van der Waals surface area (Å²) in [5.74, 6) is -0.214. The van der Waals surface area contributed by atoms with Crippen LogP contribution in [0.1, 0.15) is 11.3 Å². The Kier molecular flexibility index (Phi) is 4.38. The number of aromatic nitrogens is 1. The third kappa shape index (κ3) is 3.32. The molecule has 0 spiro atoms. The predicted molar refractivity (Wildman–Crippen MR) is 84.8 cm³/mol. The first-order valence-corrected chi connectivity index (χ1v) is 8.21. The number of halogens is 3. The van der Waals surface area contributed by atoms with Crippen LogP contribution in [0, 0.1) is 0 Å². The highest BCUT2D eigenvalue weighted by Crippen LogP contribution is 2.33. The molecule has 1 atom stereocenters. The van der Waals surface area contributed by atoms with E-state index in [-0.39, 0.29) is 5.75 Å². The highest BCUT2D eigenvalue weighted by atomic mass is 32.2. The van der Waals surface area contributed by atoms with Crippen molar-refractivity contribution in [2.24, 2.45) is 0 Å². The van der Waals surface area contributed by atoms with Crippen molar-refractivity contribution in [1.82, 2.24) is 4.98 Å². The van der Waals surface area contributed by atoms with Crippen molar-refractivity contribution in [2.75, 3.05) is 0 Å². The standard InChI is InChI=1S/C17H12F3NO2S/c18-17(19,20)12-7-5-11(6-8-12)15-9-21-16(10-24(22)23)14-4-2-1-3-13(14)15/h1-9H,10H2,(H,22,23)/p-1. The van der Waals surface area contributed by atoms with Gasteiger partial charge in [-0.05, 0) is 34.2 Å². The van der Waals surface area contributed by atoms with Gasteiger partial charge >= 0.3 is 6.18 Å². The molecular formula is C17H11F3NO2S-. The first-order chi connectivity index (χ1) is 11.4. The van der Waals surface area contributed by atoms with E-state index in [9.17, 15) is 21.9 Å². The van der Waals surface area contributed by atoms with E-state index in [1.54, 1.807) is 24.3 Å². The lowest BCUT2D eigenvalue weighted by Crippen LogP contribution is -2.04. The number of fused-ring (bicyclic) bond motifs is 1. The summed E-state index contributed by atoms with van der Waals surface area (Å²) in [5, 5.41) is 1.41. The molecule has 7 heteroatoms. The van der Waals surface area contributed by atoms with E-state index in [1.807, 2.05) is 0 Å². The van der Waals surface area contributed by atoms with Crippen LogP contribution in [-0.4, -0.2) is 13.7 Å². The van der Waals surface area contributed by atoms with Crippen LogP contribution >= 0.6 is 0 Å². The largest absolute Gasteiger partial charge is 0.772 e. The molecule has 1 heterocycles. The SMILES string of the molecule is O=S([O-])Cc1ncc(-c2ccc(C(F)(F)F)cc2)c2ccccc12. The number of hydrogen-bond donors (Lipinski definition) is 0. The van der Waals surface area contributed by atoms with E-state index in [0.717, 1.165) is 17.5 Å². The van der Waals surface area contributed by atoms with E-state index >= 15 is 0 Å². The molecule has 0 saturated carbocycles. The van der Waals surface area contributed by atoms with Crippen LogP contribution in [-0.2, 0) is 23.0 Å². The number of hydrogen-bond acceptors (Lipinski definition) is 3. The summed E-state index contributed by atoms with van der Waals surface area (Å²) in [6, 6.07) is 11.9. The second-order valence-corrected chi connectivity index (χ2v) is 6.08. The molecule has 124 valence electrons.